The highest BCUT2D eigenvalue weighted by atomic mass is 31.2. The predicted octanol–water partition coefficient (Wildman–Crippen LogP) is 1.16. The second-order valence-electron chi connectivity index (χ2n) is 2.91. The Balaban J connectivity index is 5.08. The molecule has 0 heterocycles. The van der Waals surface area contributed by atoms with Crippen molar-refractivity contribution in [2.45, 2.75) is 31.3 Å². The lowest BCUT2D eigenvalue weighted by Gasteiger charge is -2.26. The Bertz CT molecular complexity index is 258. The topological polar surface area (TPSA) is 115 Å². The van der Waals surface area contributed by atoms with E-state index in [1.165, 1.54) is 0 Å². The first-order valence-corrected chi connectivity index (χ1v) is 7.09. The fraction of sp³-hybridized carbons (Fsp3) is 1.00. The molecule has 0 rings (SSSR count). The maximum absolute atomic E-state index is 13.5. The lowest BCUT2D eigenvalue weighted by molar-refractivity contribution is 0.211. The molecular weight excluding hydrogens is 237 g/mol. The second kappa shape index (κ2) is 4.39. The van der Waals surface area contributed by atoms with Crippen molar-refractivity contribution in [3.63, 3.8) is 0 Å². The summed E-state index contributed by atoms with van der Waals surface area (Å²) >= 11 is 0. The minimum absolute atomic E-state index is 0.00722. The van der Waals surface area contributed by atoms with Crippen molar-refractivity contribution < 1.29 is 33.1 Å². The SMILES string of the molecule is CCCCC(F)(P(=O)(O)O)P(=O)(O)O. The van der Waals surface area contributed by atoms with Crippen molar-refractivity contribution >= 4 is 15.2 Å². The zero-order valence-electron chi connectivity index (χ0n) is 7.50. The number of alkyl halides is 1. The highest BCUT2D eigenvalue weighted by molar-refractivity contribution is 7.72. The van der Waals surface area contributed by atoms with E-state index in [1.54, 1.807) is 6.92 Å². The Morgan fingerprint density at radius 2 is 1.50 bits per heavy atom. The molecule has 0 aliphatic rings. The van der Waals surface area contributed by atoms with Gasteiger partial charge in [0.25, 0.3) is 0 Å². The van der Waals surface area contributed by atoms with Crippen LogP contribution in [0.15, 0.2) is 0 Å². The van der Waals surface area contributed by atoms with Crippen molar-refractivity contribution in [2.24, 2.45) is 0 Å². The Morgan fingerprint density at radius 3 is 1.71 bits per heavy atom. The number of unbranched alkanes of at least 4 members (excludes halogenated alkanes) is 1. The van der Waals surface area contributed by atoms with Crippen LogP contribution in [0.3, 0.4) is 0 Å². The van der Waals surface area contributed by atoms with Gasteiger partial charge in [-0.2, -0.15) is 0 Å². The first-order valence-electron chi connectivity index (χ1n) is 3.86. The van der Waals surface area contributed by atoms with Gasteiger partial charge in [0.1, 0.15) is 0 Å². The van der Waals surface area contributed by atoms with Crippen molar-refractivity contribution in [1.29, 1.82) is 0 Å². The zero-order chi connectivity index (χ0) is 11.6. The molecule has 0 fully saturated rings. The lowest BCUT2D eigenvalue weighted by atomic mass is 10.3. The molecule has 0 atom stereocenters. The molecule has 0 bridgehead atoms. The summed E-state index contributed by atoms with van der Waals surface area (Å²) in [5.41, 5.74) is 0. The summed E-state index contributed by atoms with van der Waals surface area (Å²) in [5.74, 6) is 0. The van der Waals surface area contributed by atoms with E-state index in [-0.39, 0.29) is 6.42 Å². The molecule has 0 aromatic heterocycles. The standard InChI is InChI=1S/C5H13FO6P2/c1-2-3-4-5(6,13(7,8)9)14(10,11)12/h2-4H2,1H3,(H2,7,8,9)(H2,10,11,12). The molecule has 0 aliphatic heterocycles. The van der Waals surface area contributed by atoms with E-state index in [9.17, 15) is 13.5 Å². The maximum atomic E-state index is 13.5. The first kappa shape index (κ1) is 14.2. The van der Waals surface area contributed by atoms with Gasteiger partial charge in [0.2, 0.25) is 0 Å². The molecule has 0 saturated carbocycles. The summed E-state index contributed by atoms with van der Waals surface area (Å²) in [6.07, 6.45) is -0.476. The van der Waals surface area contributed by atoms with E-state index in [2.05, 4.69) is 0 Å². The molecular formula is C5H13FO6P2. The van der Waals surface area contributed by atoms with Crippen molar-refractivity contribution in [3.05, 3.63) is 0 Å². The third-order valence-electron chi connectivity index (χ3n) is 1.74. The van der Waals surface area contributed by atoms with Gasteiger partial charge in [-0.25, -0.2) is 4.39 Å². The van der Waals surface area contributed by atoms with Crippen LogP contribution < -0.4 is 0 Å². The van der Waals surface area contributed by atoms with Crippen molar-refractivity contribution in [1.82, 2.24) is 0 Å². The molecule has 0 aromatic rings. The van der Waals surface area contributed by atoms with Crippen LogP contribution in [-0.2, 0) is 9.13 Å². The van der Waals surface area contributed by atoms with Crippen LogP contribution in [-0.4, -0.2) is 24.7 Å². The number of hydrogen-bond acceptors (Lipinski definition) is 2. The summed E-state index contributed by atoms with van der Waals surface area (Å²) in [4.78, 5) is 34.2. The van der Waals surface area contributed by atoms with Gasteiger partial charge in [0, 0.05) is 6.42 Å². The second-order valence-corrected chi connectivity index (χ2v) is 6.86. The molecule has 9 heteroatoms. The Labute approximate surface area is 80.5 Å². The molecule has 14 heavy (non-hydrogen) atoms. The van der Waals surface area contributed by atoms with Gasteiger partial charge in [-0.05, 0) is 6.42 Å². The van der Waals surface area contributed by atoms with Crippen LogP contribution >= 0.6 is 15.2 Å². The Morgan fingerprint density at radius 1 is 1.14 bits per heavy atom. The number of rotatable bonds is 5. The smallest absolute Gasteiger partial charge is 0.322 e. The van der Waals surface area contributed by atoms with E-state index in [4.69, 9.17) is 19.6 Å². The third-order valence-corrected chi connectivity index (χ3v) is 5.54. The van der Waals surface area contributed by atoms with Gasteiger partial charge >= 0.3 is 20.3 Å². The highest BCUT2D eigenvalue weighted by Crippen LogP contribution is 2.71. The zero-order valence-corrected chi connectivity index (χ0v) is 9.29. The van der Waals surface area contributed by atoms with Crippen molar-refractivity contribution in [2.75, 3.05) is 0 Å². The molecule has 86 valence electrons. The third kappa shape index (κ3) is 2.86. The monoisotopic (exact) mass is 250 g/mol. The van der Waals surface area contributed by atoms with Crippen LogP contribution in [0, 0.1) is 0 Å². The van der Waals surface area contributed by atoms with Gasteiger partial charge in [0.15, 0.2) is 0 Å². The molecule has 0 aromatic carbocycles. The average molecular weight is 250 g/mol. The van der Waals surface area contributed by atoms with E-state index in [1.807, 2.05) is 0 Å². The van der Waals surface area contributed by atoms with Crippen LogP contribution in [0.5, 0.6) is 0 Å². The molecule has 0 radical (unpaired) electrons. The van der Waals surface area contributed by atoms with E-state index in [0.717, 1.165) is 0 Å². The summed E-state index contributed by atoms with van der Waals surface area (Å²) in [6, 6.07) is 0. The molecule has 6 nitrogen and oxygen atoms in total. The molecule has 0 amide bonds. The number of halogens is 1. The molecule has 0 aliphatic carbocycles. The molecule has 0 spiro atoms. The van der Waals surface area contributed by atoms with E-state index >= 15 is 0 Å². The lowest BCUT2D eigenvalue weighted by Crippen LogP contribution is -2.23. The normalized spacial score (nSPS) is 14.4. The first-order chi connectivity index (χ1) is 6.06. The van der Waals surface area contributed by atoms with Gasteiger partial charge in [-0.1, -0.05) is 13.3 Å². The quantitative estimate of drug-likeness (QED) is 0.544. The van der Waals surface area contributed by atoms with Gasteiger partial charge < -0.3 is 19.6 Å². The van der Waals surface area contributed by atoms with Gasteiger partial charge in [-0.3, -0.25) is 9.13 Å². The summed E-state index contributed by atoms with van der Waals surface area (Å²) < 4.78 is 34.7. The molecule has 4 N–H and O–H groups in total. The average Bonchev–Trinajstić information content (AvgIpc) is 1.95. The van der Waals surface area contributed by atoms with Crippen LogP contribution in [0.4, 0.5) is 4.39 Å². The number of hydrogen-bond donors (Lipinski definition) is 4. The molecule has 0 unspecified atom stereocenters. The minimum Gasteiger partial charge on any atom is -0.322 e. The van der Waals surface area contributed by atoms with Gasteiger partial charge in [-0.15, -0.1) is 0 Å². The van der Waals surface area contributed by atoms with Crippen LogP contribution in [0.25, 0.3) is 0 Å². The minimum atomic E-state index is -5.47. The van der Waals surface area contributed by atoms with Crippen molar-refractivity contribution in [3.8, 4) is 0 Å². The van der Waals surface area contributed by atoms with E-state index < -0.39 is 26.8 Å². The summed E-state index contributed by atoms with van der Waals surface area (Å²) in [5, 5.41) is -3.74. The Kier molecular flexibility index (Phi) is 4.46. The van der Waals surface area contributed by atoms with Crippen LogP contribution in [0.2, 0.25) is 0 Å². The predicted molar refractivity (Wildman–Crippen MR) is 47.5 cm³/mol. The maximum Gasteiger partial charge on any atom is 0.375 e. The highest BCUT2D eigenvalue weighted by Gasteiger charge is 2.60. The van der Waals surface area contributed by atoms with Crippen LogP contribution in [0.1, 0.15) is 26.2 Å². The molecule has 0 saturated heterocycles. The van der Waals surface area contributed by atoms with Gasteiger partial charge in [0.05, 0.1) is 0 Å². The summed E-state index contributed by atoms with van der Waals surface area (Å²) in [7, 11) is -10.9. The fourth-order valence-electron chi connectivity index (χ4n) is 0.863. The Hall–Kier alpha value is 0.230. The fourth-order valence-corrected chi connectivity index (χ4v) is 3.12. The largest absolute Gasteiger partial charge is 0.375 e. The van der Waals surface area contributed by atoms with E-state index in [0.29, 0.717) is 6.42 Å². The summed E-state index contributed by atoms with van der Waals surface area (Å²) in [6.45, 7) is 1.61.